The third-order valence-corrected chi connectivity index (χ3v) is 4.26. The fraction of sp³-hybridized carbons (Fsp3) is 0.333. The van der Waals surface area contributed by atoms with Crippen molar-refractivity contribution in [2.45, 2.75) is 32.6 Å². The zero-order chi connectivity index (χ0) is 18.8. The Bertz CT molecular complexity index is 1020. The highest BCUT2D eigenvalue weighted by atomic mass is 16.5. The second-order valence-corrected chi connectivity index (χ2v) is 6.15. The van der Waals surface area contributed by atoms with Gasteiger partial charge in [-0.15, -0.1) is 0 Å². The molecule has 2 aromatic heterocycles. The molecule has 0 fully saturated rings. The molecule has 0 aliphatic heterocycles. The van der Waals surface area contributed by atoms with Crippen molar-refractivity contribution in [2.24, 2.45) is 5.73 Å². The molecule has 0 unspecified atom stereocenters. The van der Waals surface area contributed by atoms with E-state index in [2.05, 4.69) is 21.9 Å². The summed E-state index contributed by atoms with van der Waals surface area (Å²) < 4.78 is 6.63. The van der Waals surface area contributed by atoms with Gasteiger partial charge in [-0.3, -0.25) is 4.79 Å². The summed E-state index contributed by atoms with van der Waals surface area (Å²) in [5, 5.41) is 0. The number of hydrogen-bond acceptors (Lipinski definition) is 5. The standard InChI is InChI=1S/C18H21N5O3/c1-4-6-10(2)16-20-13(15(19)24)14-17(22-16)23(18(25)21-14)11-7-5-8-12(9-11)26-3/h5,7-10H,4,6H2,1-3H3,(H2,19,24)(H,21,25)/t10-/m1/s1. The quantitative estimate of drug-likeness (QED) is 0.702. The van der Waals surface area contributed by atoms with Gasteiger partial charge < -0.3 is 15.5 Å². The van der Waals surface area contributed by atoms with E-state index in [0.717, 1.165) is 12.8 Å². The Morgan fingerprint density at radius 3 is 2.81 bits per heavy atom. The number of benzene rings is 1. The molecule has 1 amide bonds. The minimum absolute atomic E-state index is 0.0201. The minimum atomic E-state index is -0.707. The number of H-pyrrole nitrogens is 1. The van der Waals surface area contributed by atoms with Crippen LogP contribution in [0.4, 0.5) is 0 Å². The van der Waals surface area contributed by atoms with Crippen molar-refractivity contribution in [3.8, 4) is 11.4 Å². The van der Waals surface area contributed by atoms with E-state index in [1.807, 2.05) is 6.92 Å². The SMILES string of the molecule is CCC[C@@H](C)c1nc(C(N)=O)c2[nH]c(=O)n(-c3cccc(OC)c3)c2n1. The molecule has 136 valence electrons. The summed E-state index contributed by atoms with van der Waals surface area (Å²) in [6.45, 7) is 4.04. The van der Waals surface area contributed by atoms with Crippen LogP contribution in [-0.4, -0.2) is 32.5 Å². The van der Waals surface area contributed by atoms with Crippen LogP contribution in [0.5, 0.6) is 5.75 Å². The van der Waals surface area contributed by atoms with Crippen LogP contribution in [0.15, 0.2) is 29.1 Å². The number of aromatic amines is 1. The molecule has 0 spiro atoms. The number of amides is 1. The Morgan fingerprint density at radius 2 is 2.15 bits per heavy atom. The number of carbonyl (C=O) groups excluding carboxylic acids is 1. The Balaban J connectivity index is 2.31. The van der Waals surface area contributed by atoms with Gasteiger partial charge in [0.25, 0.3) is 5.91 Å². The van der Waals surface area contributed by atoms with Gasteiger partial charge >= 0.3 is 5.69 Å². The largest absolute Gasteiger partial charge is 0.497 e. The molecular weight excluding hydrogens is 334 g/mol. The molecule has 0 radical (unpaired) electrons. The second-order valence-electron chi connectivity index (χ2n) is 6.15. The number of aromatic nitrogens is 4. The van der Waals surface area contributed by atoms with Gasteiger partial charge in [-0.1, -0.05) is 26.3 Å². The van der Waals surface area contributed by atoms with Crippen LogP contribution in [0.3, 0.4) is 0 Å². The van der Waals surface area contributed by atoms with Crippen molar-refractivity contribution >= 4 is 17.1 Å². The fourth-order valence-corrected chi connectivity index (χ4v) is 2.95. The third-order valence-electron chi connectivity index (χ3n) is 4.26. The van der Waals surface area contributed by atoms with E-state index in [1.54, 1.807) is 31.4 Å². The van der Waals surface area contributed by atoms with E-state index in [1.165, 1.54) is 4.57 Å². The van der Waals surface area contributed by atoms with Crippen molar-refractivity contribution in [3.05, 3.63) is 46.3 Å². The molecule has 3 rings (SSSR count). The summed E-state index contributed by atoms with van der Waals surface area (Å²) in [4.78, 5) is 36.0. The average Bonchev–Trinajstić information content (AvgIpc) is 2.96. The second kappa shape index (κ2) is 6.99. The number of fused-ring (bicyclic) bond motifs is 1. The molecule has 8 heteroatoms. The van der Waals surface area contributed by atoms with Crippen LogP contribution in [0.25, 0.3) is 16.9 Å². The van der Waals surface area contributed by atoms with E-state index < -0.39 is 11.6 Å². The first-order chi connectivity index (χ1) is 12.5. The van der Waals surface area contributed by atoms with Crippen molar-refractivity contribution in [1.82, 2.24) is 19.5 Å². The van der Waals surface area contributed by atoms with Gasteiger partial charge in [0.2, 0.25) is 0 Å². The van der Waals surface area contributed by atoms with Crippen LogP contribution in [0.1, 0.15) is 48.9 Å². The van der Waals surface area contributed by atoms with Gasteiger partial charge in [0.15, 0.2) is 11.3 Å². The van der Waals surface area contributed by atoms with Crippen molar-refractivity contribution in [2.75, 3.05) is 7.11 Å². The Kier molecular flexibility index (Phi) is 4.75. The van der Waals surface area contributed by atoms with Crippen LogP contribution in [-0.2, 0) is 0 Å². The average molecular weight is 355 g/mol. The normalized spacial score (nSPS) is 12.3. The highest BCUT2D eigenvalue weighted by Crippen LogP contribution is 2.23. The van der Waals surface area contributed by atoms with Crippen LogP contribution in [0.2, 0.25) is 0 Å². The van der Waals surface area contributed by atoms with E-state index in [9.17, 15) is 9.59 Å². The monoisotopic (exact) mass is 355 g/mol. The molecule has 0 bridgehead atoms. The lowest BCUT2D eigenvalue weighted by atomic mass is 10.1. The van der Waals surface area contributed by atoms with Gasteiger partial charge in [0.05, 0.1) is 12.8 Å². The first-order valence-corrected chi connectivity index (χ1v) is 8.43. The van der Waals surface area contributed by atoms with Crippen LogP contribution >= 0.6 is 0 Å². The van der Waals surface area contributed by atoms with Crippen molar-refractivity contribution in [3.63, 3.8) is 0 Å². The predicted molar refractivity (Wildman–Crippen MR) is 97.9 cm³/mol. The Hall–Kier alpha value is -3.16. The summed E-state index contributed by atoms with van der Waals surface area (Å²) >= 11 is 0. The van der Waals surface area contributed by atoms with E-state index in [0.29, 0.717) is 22.9 Å². The first kappa shape index (κ1) is 17.7. The number of primary amides is 1. The van der Waals surface area contributed by atoms with Gasteiger partial charge in [0, 0.05) is 12.0 Å². The summed E-state index contributed by atoms with van der Waals surface area (Å²) in [5.41, 5.74) is 6.21. The minimum Gasteiger partial charge on any atom is -0.497 e. The molecule has 8 nitrogen and oxygen atoms in total. The topological polar surface area (TPSA) is 116 Å². The summed E-state index contributed by atoms with van der Waals surface area (Å²) in [6.07, 6.45) is 1.81. The molecule has 1 aromatic carbocycles. The summed E-state index contributed by atoms with van der Waals surface area (Å²) in [6, 6.07) is 7.03. The molecule has 2 heterocycles. The number of rotatable bonds is 6. The van der Waals surface area contributed by atoms with Crippen molar-refractivity contribution < 1.29 is 9.53 Å². The molecule has 3 aromatic rings. The molecule has 0 aliphatic carbocycles. The molecular formula is C18H21N5O3. The first-order valence-electron chi connectivity index (χ1n) is 8.43. The molecule has 3 N–H and O–H groups in total. The third kappa shape index (κ3) is 3.05. The number of methoxy groups -OCH3 is 1. The number of carbonyl (C=O) groups is 1. The number of ether oxygens (including phenoxy) is 1. The summed E-state index contributed by atoms with van der Waals surface area (Å²) in [7, 11) is 1.55. The highest BCUT2D eigenvalue weighted by Gasteiger charge is 2.21. The molecule has 0 aliphatic rings. The maximum absolute atomic E-state index is 12.6. The van der Waals surface area contributed by atoms with Gasteiger partial charge in [0.1, 0.15) is 17.1 Å². The van der Waals surface area contributed by atoms with Crippen molar-refractivity contribution in [1.29, 1.82) is 0 Å². The molecule has 0 saturated carbocycles. The molecule has 26 heavy (non-hydrogen) atoms. The van der Waals surface area contributed by atoms with E-state index in [-0.39, 0.29) is 17.1 Å². The summed E-state index contributed by atoms with van der Waals surface area (Å²) in [5.74, 6) is 0.420. The van der Waals surface area contributed by atoms with E-state index in [4.69, 9.17) is 10.5 Å². The van der Waals surface area contributed by atoms with Gasteiger partial charge in [-0.2, -0.15) is 0 Å². The lowest BCUT2D eigenvalue weighted by Gasteiger charge is -2.11. The number of hydrogen-bond donors (Lipinski definition) is 2. The predicted octanol–water partition coefficient (Wildman–Crippen LogP) is 2.12. The van der Waals surface area contributed by atoms with Crippen LogP contribution < -0.4 is 16.2 Å². The number of imidazole rings is 1. The maximum Gasteiger partial charge on any atom is 0.332 e. The van der Waals surface area contributed by atoms with Crippen LogP contribution in [0, 0.1) is 0 Å². The Morgan fingerprint density at radius 1 is 1.38 bits per heavy atom. The molecule has 1 atom stereocenters. The smallest absolute Gasteiger partial charge is 0.332 e. The number of nitrogens with one attached hydrogen (secondary N) is 1. The van der Waals surface area contributed by atoms with Gasteiger partial charge in [-0.05, 0) is 18.6 Å². The number of nitrogens with zero attached hydrogens (tertiary/aromatic N) is 3. The lowest BCUT2D eigenvalue weighted by Crippen LogP contribution is -2.17. The Labute approximate surface area is 150 Å². The number of nitrogens with two attached hydrogens (primary N) is 1. The van der Waals surface area contributed by atoms with E-state index >= 15 is 0 Å². The molecule has 0 saturated heterocycles. The maximum atomic E-state index is 12.6. The fourth-order valence-electron chi connectivity index (χ4n) is 2.95. The lowest BCUT2D eigenvalue weighted by molar-refractivity contribution is 0.0996. The van der Waals surface area contributed by atoms with Gasteiger partial charge in [-0.25, -0.2) is 19.3 Å². The highest BCUT2D eigenvalue weighted by molar-refractivity contribution is 6.01. The zero-order valence-electron chi connectivity index (χ0n) is 14.9. The zero-order valence-corrected chi connectivity index (χ0v) is 14.9.